The largest absolute Gasteiger partial charge is 0.348 e. The summed E-state index contributed by atoms with van der Waals surface area (Å²) in [7, 11) is 0. The maximum atomic E-state index is 12.6. The summed E-state index contributed by atoms with van der Waals surface area (Å²) in [6.45, 7) is 6.18. The predicted octanol–water partition coefficient (Wildman–Crippen LogP) is 4.02. The average molecular weight is 331 g/mol. The normalized spacial score (nSPS) is 10.4. The van der Waals surface area contributed by atoms with E-state index in [4.69, 9.17) is 0 Å². The van der Waals surface area contributed by atoms with Gasteiger partial charge in [0, 0.05) is 18.3 Å². The molecule has 0 saturated carbocycles. The molecule has 0 spiro atoms. The minimum absolute atomic E-state index is 0.156. The molecule has 4 nitrogen and oxygen atoms in total. The van der Waals surface area contributed by atoms with Crippen LogP contribution >= 0.6 is 0 Å². The average Bonchev–Trinajstić information content (AvgIpc) is 3.12. The molecule has 0 aliphatic rings. The molecule has 0 saturated heterocycles. The van der Waals surface area contributed by atoms with E-state index in [1.807, 2.05) is 42.5 Å². The third-order valence-corrected chi connectivity index (χ3v) is 4.02. The molecule has 1 aromatic heterocycles. The number of nitrogens with zero attached hydrogens (tertiary/aromatic N) is 2. The van der Waals surface area contributed by atoms with Gasteiger partial charge in [-0.2, -0.15) is 5.10 Å². The fourth-order valence-electron chi connectivity index (χ4n) is 2.62. The quantitative estimate of drug-likeness (QED) is 0.694. The van der Waals surface area contributed by atoms with Crippen LogP contribution in [0.1, 0.15) is 22.8 Å². The van der Waals surface area contributed by atoms with E-state index in [0.29, 0.717) is 17.8 Å². The van der Waals surface area contributed by atoms with Crippen molar-refractivity contribution in [1.82, 2.24) is 15.1 Å². The van der Waals surface area contributed by atoms with Crippen LogP contribution in [0.5, 0.6) is 0 Å². The number of nitrogens with one attached hydrogen (secondary N) is 1. The van der Waals surface area contributed by atoms with Crippen molar-refractivity contribution < 1.29 is 4.79 Å². The van der Waals surface area contributed by atoms with Crippen molar-refractivity contribution in [2.45, 2.75) is 13.3 Å². The molecule has 25 heavy (non-hydrogen) atoms. The van der Waals surface area contributed by atoms with Gasteiger partial charge in [0.1, 0.15) is 5.69 Å². The molecule has 1 amide bonds. The second-order valence-corrected chi connectivity index (χ2v) is 5.72. The molecule has 1 heterocycles. The molecule has 0 fully saturated rings. The van der Waals surface area contributed by atoms with Crippen molar-refractivity contribution in [3.05, 3.63) is 84.6 Å². The van der Waals surface area contributed by atoms with Crippen LogP contribution < -0.4 is 5.32 Å². The minimum atomic E-state index is -0.156. The van der Waals surface area contributed by atoms with Crippen molar-refractivity contribution in [3.63, 3.8) is 0 Å². The van der Waals surface area contributed by atoms with Gasteiger partial charge in [-0.25, -0.2) is 4.68 Å². The molecule has 3 aromatic rings. The number of carbonyl (C=O) groups is 1. The summed E-state index contributed by atoms with van der Waals surface area (Å²) in [5.74, 6) is -0.156. The van der Waals surface area contributed by atoms with E-state index in [-0.39, 0.29) is 5.91 Å². The smallest absolute Gasteiger partial charge is 0.255 e. The fraction of sp³-hybridized carbons (Fsp3) is 0.143. The van der Waals surface area contributed by atoms with E-state index in [1.165, 1.54) is 5.56 Å². The van der Waals surface area contributed by atoms with E-state index in [0.717, 1.165) is 17.7 Å². The van der Waals surface area contributed by atoms with Gasteiger partial charge in [0.05, 0.1) is 11.3 Å². The van der Waals surface area contributed by atoms with Gasteiger partial charge in [0.2, 0.25) is 0 Å². The van der Waals surface area contributed by atoms with Crippen LogP contribution in [-0.2, 0) is 6.42 Å². The summed E-state index contributed by atoms with van der Waals surface area (Å²) in [6, 6.07) is 17.9. The van der Waals surface area contributed by atoms with Crippen molar-refractivity contribution >= 4 is 5.91 Å². The Morgan fingerprint density at radius 2 is 1.88 bits per heavy atom. The second-order valence-electron chi connectivity index (χ2n) is 5.72. The Bertz CT molecular complexity index is 864. The molecule has 0 unspecified atom stereocenters. The Balaban J connectivity index is 2.05. The van der Waals surface area contributed by atoms with Gasteiger partial charge in [0.25, 0.3) is 5.91 Å². The van der Waals surface area contributed by atoms with Crippen LogP contribution in [0.3, 0.4) is 0 Å². The summed E-state index contributed by atoms with van der Waals surface area (Å²) in [4.78, 5) is 12.6. The minimum Gasteiger partial charge on any atom is -0.348 e. The number of hydrogen-bond acceptors (Lipinski definition) is 2. The van der Waals surface area contributed by atoms with Crippen LogP contribution in [0.2, 0.25) is 0 Å². The molecule has 0 bridgehead atoms. The third kappa shape index (κ3) is 3.69. The van der Waals surface area contributed by atoms with Crippen LogP contribution in [-0.4, -0.2) is 22.2 Å². The number of para-hydroxylation sites is 1. The van der Waals surface area contributed by atoms with Crippen LogP contribution in [0.4, 0.5) is 0 Å². The number of benzene rings is 2. The van der Waals surface area contributed by atoms with E-state index >= 15 is 0 Å². The van der Waals surface area contributed by atoms with Gasteiger partial charge < -0.3 is 5.32 Å². The van der Waals surface area contributed by atoms with E-state index in [1.54, 1.807) is 17.0 Å². The maximum Gasteiger partial charge on any atom is 0.255 e. The Kier molecular flexibility index (Phi) is 5.09. The maximum absolute atomic E-state index is 12.6. The lowest BCUT2D eigenvalue weighted by molar-refractivity contribution is 0.0958. The summed E-state index contributed by atoms with van der Waals surface area (Å²) in [5, 5.41) is 7.50. The highest BCUT2D eigenvalue weighted by molar-refractivity contribution is 6.00. The number of rotatable bonds is 6. The highest BCUT2D eigenvalue weighted by Gasteiger charge is 2.18. The first-order valence-corrected chi connectivity index (χ1v) is 8.36. The molecule has 3 rings (SSSR count). The Morgan fingerprint density at radius 3 is 2.52 bits per heavy atom. The summed E-state index contributed by atoms with van der Waals surface area (Å²) in [5.41, 5.74) is 4.32. The number of aromatic nitrogens is 2. The van der Waals surface area contributed by atoms with E-state index in [9.17, 15) is 4.79 Å². The monoisotopic (exact) mass is 331 g/mol. The Labute approximate surface area is 147 Å². The van der Waals surface area contributed by atoms with Crippen LogP contribution in [0.15, 0.2) is 73.4 Å². The number of hydrogen-bond donors (Lipinski definition) is 1. The fourth-order valence-corrected chi connectivity index (χ4v) is 2.62. The van der Waals surface area contributed by atoms with Gasteiger partial charge in [-0.15, -0.1) is 6.58 Å². The molecule has 4 heteroatoms. The van der Waals surface area contributed by atoms with E-state index < -0.39 is 0 Å². The SMILES string of the molecule is C=CCNC(=O)c1cn(-c2ccccc2)nc1-c1ccc(CC)cc1. The summed E-state index contributed by atoms with van der Waals surface area (Å²) in [6.07, 6.45) is 4.41. The second kappa shape index (κ2) is 7.62. The Hall–Kier alpha value is -3.14. The van der Waals surface area contributed by atoms with Crippen LogP contribution in [0.25, 0.3) is 16.9 Å². The molecule has 126 valence electrons. The van der Waals surface area contributed by atoms with Crippen molar-refractivity contribution in [3.8, 4) is 16.9 Å². The summed E-state index contributed by atoms with van der Waals surface area (Å²) < 4.78 is 1.74. The molecular formula is C21H21N3O. The van der Waals surface area contributed by atoms with Crippen molar-refractivity contribution in [2.75, 3.05) is 6.54 Å². The van der Waals surface area contributed by atoms with Gasteiger partial charge in [-0.3, -0.25) is 4.79 Å². The topological polar surface area (TPSA) is 46.9 Å². The van der Waals surface area contributed by atoms with Crippen molar-refractivity contribution in [2.24, 2.45) is 0 Å². The van der Waals surface area contributed by atoms with Gasteiger partial charge >= 0.3 is 0 Å². The highest BCUT2D eigenvalue weighted by atomic mass is 16.1. The zero-order chi connectivity index (χ0) is 17.6. The number of amides is 1. The van der Waals surface area contributed by atoms with Gasteiger partial charge in [-0.1, -0.05) is 55.5 Å². The molecule has 0 aliphatic heterocycles. The predicted molar refractivity (Wildman–Crippen MR) is 101 cm³/mol. The Morgan fingerprint density at radius 1 is 1.16 bits per heavy atom. The first-order valence-electron chi connectivity index (χ1n) is 8.36. The van der Waals surface area contributed by atoms with Crippen LogP contribution in [0, 0.1) is 0 Å². The molecular weight excluding hydrogens is 310 g/mol. The molecule has 2 aromatic carbocycles. The lowest BCUT2D eigenvalue weighted by atomic mass is 10.0. The third-order valence-electron chi connectivity index (χ3n) is 4.02. The standard InChI is InChI=1S/C21H21N3O/c1-3-14-22-21(25)19-15-24(18-8-6-5-7-9-18)23-20(19)17-12-10-16(4-2)11-13-17/h3,5-13,15H,1,4,14H2,2H3,(H,22,25). The zero-order valence-electron chi connectivity index (χ0n) is 14.3. The lowest BCUT2D eigenvalue weighted by Gasteiger charge is -2.04. The van der Waals surface area contributed by atoms with Gasteiger partial charge in [-0.05, 0) is 24.1 Å². The summed E-state index contributed by atoms with van der Waals surface area (Å²) >= 11 is 0. The molecule has 1 N–H and O–H groups in total. The van der Waals surface area contributed by atoms with Gasteiger partial charge in [0.15, 0.2) is 0 Å². The molecule has 0 radical (unpaired) electrons. The lowest BCUT2D eigenvalue weighted by Crippen LogP contribution is -2.23. The first-order chi connectivity index (χ1) is 12.2. The van der Waals surface area contributed by atoms with E-state index in [2.05, 4.69) is 36.1 Å². The van der Waals surface area contributed by atoms with Crippen molar-refractivity contribution in [1.29, 1.82) is 0 Å². The zero-order valence-corrected chi connectivity index (χ0v) is 14.3. The number of aryl methyl sites for hydroxylation is 1. The number of carbonyl (C=O) groups excluding carboxylic acids is 1. The first kappa shape index (κ1) is 16.7. The molecule has 0 aliphatic carbocycles. The molecule has 0 atom stereocenters. The highest BCUT2D eigenvalue weighted by Crippen LogP contribution is 2.24.